The van der Waals surface area contributed by atoms with Crippen LogP contribution in [-0.2, 0) is 11.2 Å². The largest absolute Gasteiger partial charge is 0.339 e. The van der Waals surface area contributed by atoms with Crippen molar-refractivity contribution in [3.63, 3.8) is 0 Å². The maximum absolute atomic E-state index is 12.6. The maximum Gasteiger partial charge on any atom is 0.255 e. The van der Waals surface area contributed by atoms with Gasteiger partial charge in [-0.15, -0.1) is 11.3 Å². The number of carbonyl (C=O) groups excluding carboxylic acids is 2. The molecule has 2 amide bonds. The zero-order chi connectivity index (χ0) is 17.1. The summed E-state index contributed by atoms with van der Waals surface area (Å²) in [5.41, 5.74) is 0.405. The molecule has 4 nitrogen and oxygen atoms in total. The Morgan fingerprint density at radius 1 is 1.00 bits per heavy atom. The minimum absolute atomic E-state index is 0.102. The summed E-state index contributed by atoms with van der Waals surface area (Å²) in [5.74, 6) is -0.0433. The van der Waals surface area contributed by atoms with Crippen molar-refractivity contribution in [3.05, 3.63) is 56.2 Å². The van der Waals surface area contributed by atoms with Crippen molar-refractivity contribution in [2.45, 2.75) is 6.42 Å². The zero-order valence-electron chi connectivity index (χ0n) is 12.9. The van der Waals surface area contributed by atoms with Gasteiger partial charge in [0.25, 0.3) is 5.91 Å². The van der Waals surface area contributed by atoms with E-state index < -0.39 is 0 Å². The van der Waals surface area contributed by atoms with Gasteiger partial charge in [-0.3, -0.25) is 9.59 Å². The quantitative estimate of drug-likeness (QED) is 0.813. The van der Waals surface area contributed by atoms with Crippen molar-refractivity contribution in [2.75, 3.05) is 26.2 Å². The van der Waals surface area contributed by atoms with Gasteiger partial charge in [-0.1, -0.05) is 35.3 Å². The van der Waals surface area contributed by atoms with Crippen LogP contribution in [0.3, 0.4) is 0 Å². The molecule has 2 aromatic rings. The zero-order valence-corrected chi connectivity index (χ0v) is 15.2. The molecule has 1 fully saturated rings. The predicted molar refractivity (Wildman–Crippen MR) is 97.0 cm³/mol. The number of halogens is 2. The summed E-state index contributed by atoms with van der Waals surface area (Å²) < 4.78 is 0. The maximum atomic E-state index is 12.6. The number of carbonyl (C=O) groups is 2. The number of benzene rings is 1. The van der Waals surface area contributed by atoms with Gasteiger partial charge >= 0.3 is 0 Å². The van der Waals surface area contributed by atoms with Gasteiger partial charge < -0.3 is 9.80 Å². The highest BCUT2D eigenvalue weighted by molar-refractivity contribution is 7.10. The molecule has 1 saturated heterocycles. The molecule has 2 heterocycles. The molecule has 0 radical (unpaired) electrons. The summed E-state index contributed by atoms with van der Waals surface area (Å²) in [6.07, 6.45) is 0.422. The second kappa shape index (κ2) is 7.55. The lowest BCUT2D eigenvalue weighted by atomic mass is 10.1. The van der Waals surface area contributed by atoms with Crippen LogP contribution in [0.4, 0.5) is 0 Å². The minimum Gasteiger partial charge on any atom is -0.339 e. The first-order valence-electron chi connectivity index (χ1n) is 7.59. The first kappa shape index (κ1) is 17.3. The molecule has 1 aliphatic rings. The van der Waals surface area contributed by atoms with E-state index in [2.05, 4.69) is 0 Å². The molecule has 0 atom stereocenters. The van der Waals surface area contributed by atoms with Crippen molar-refractivity contribution in [3.8, 4) is 0 Å². The summed E-state index contributed by atoms with van der Waals surface area (Å²) in [6, 6.07) is 8.94. The Morgan fingerprint density at radius 2 is 1.71 bits per heavy atom. The predicted octanol–water partition coefficient (Wildman–Crippen LogP) is 3.58. The van der Waals surface area contributed by atoms with E-state index in [1.54, 1.807) is 34.4 Å². The van der Waals surface area contributed by atoms with E-state index in [9.17, 15) is 9.59 Å². The van der Waals surface area contributed by atoms with Gasteiger partial charge in [0, 0.05) is 31.1 Å². The molecule has 1 aliphatic heterocycles. The molecular formula is C17H16Cl2N2O2S. The van der Waals surface area contributed by atoms with Gasteiger partial charge in [0.1, 0.15) is 0 Å². The van der Waals surface area contributed by atoms with Gasteiger partial charge in [0.15, 0.2) is 0 Å². The van der Waals surface area contributed by atoms with Crippen LogP contribution in [0.15, 0.2) is 35.7 Å². The van der Waals surface area contributed by atoms with Gasteiger partial charge in [-0.25, -0.2) is 0 Å². The molecule has 3 rings (SSSR count). The average molecular weight is 383 g/mol. The van der Waals surface area contributed by atoms with Crippen LogP contribution in [0.5, 0.6) is 0 Å². The number of amides is 2. The lowest BCUT2D eigenvalue weighted by Crippen LogP contribution is -2.51. The fraction of sp³-hybridized carbons (Fsp3) is 0.294. The first-order chi connectivity index (χ1) is 11.6. The van der Waals surface area contributed by atoms with Gasteiger partial charge in [0.05, 0.1) is 22.0 Å². The van der Waals surface area contributed by atoms with Crippen LogP contribution in [-0.4, -0.2) is 47.8 Å². The topological polar surface area (TPSA) is 40.6 Å². The third-order valence-corrected chi connectivity index (χ3v) is 5.70. The Kier molecular flexibility index (Phi) is 5.43. The normalized spacial score (nSPS) is 14.8. The van der Waals surface area contributed by atoms with Crippen molar-refractivity contribution in [1.29, 1.82) is 0 Å². The Balaban J connectivity index is 1.59. The molecular weight excluding hydrogens is 367 g/mol. The summed E-state index contributed by atoms with van der Waals surface area (Å²) in [6.45, 7) is 2.07. The van der Waals surface area contributed by atoms with E-state index >= 15 is 0 Å². The van der Waals surface area contributed by atoms with Crippen LogP contribution >= 0.6 is 34.5 Å². The van der Waals surface area contributed by atoms with E-state index in [1.165, 1.54) is 0 Å². The average Bonchev–Trinajstić information content (AvgIpc) is 3.10. The Morgan fingerprint density at radius 3 is 2.38 bits per heavy atom. The highest BCUT2D eigenvalue weighted by Gasteiger charge is 2.26. The second-order valence-corrected chi connectivity index (χ2v) is 7.35. The number of hydrogen-bond donors (Lipinski definition) is 0. The van der Waals surface area contributed by atoms with Gasteiger partial charge in [0.2, 0.25) is 5.91 Å². The molecule has 0 unspecified atom stereocenters. The highest BCUT2D eigenvalue weighted by atomic mass is 35.5. The van der Waals surface area contributed by atoms with E-state index in [0.29, 0.717) is 43.2 Å². The van der Waals surface area contributed by atoms with E-state index in [4.69, 9.17) is 23.2 Å². The molecule has 24 heavy (non-hydrogen) atoms. The van der Waals surface area contributed by atoms with Crippen molar-refractivity contribution in [1.82, 2.24) is 9.80 Å². The van der Waals surface area contributed by atoms with Crippen LogP contribution in [0.25, 0.3) is 0 Å². The summed E-state index contributed by atoms with van der Waals surface area (Å²) >= 11 is 13.7. The molecule has 7 heteroatoms. The van der Waals surface area contributed by atoms with Crippen LogP contribution in [0.1, 0.15) is 15.2 Å². The standard InChI is InChI=1S/C17H16Cl2N2O2S/c18-14-5-1-4-13(16(14)19)17(23)21-8-6-20(7-9-21)15(22)11-12-3-2-10-24-12/h1-5,10H,6-9,11H2. The second-order valence-electron chi connectivity index (χ2n) is 5.53. The Bertz CT molecular complexity index is 741. The van der Waals surface area contributed by atoms with Crippen LogP contribution in [0.2, 0.25) is 10.0 Å². The van der Waals surface area contributed by atoms with Crippen molar-refractivity contribution in [2.24, 2.45) is 0 Å². The lowest BCUT2D eigenvalue weighted by Gasteiger charge is -2.35. The van der Waals surface area contributed by atoms with E-state index in [0.717, 1.165) is 4.88 Å². The summed E-state index contributed by atoms with van der Waals surface area (Å²) in [7, 11) is 0. The number of piperazine rings is 1. The van der Waals surface area contributed by atoms with Crippen LogP contribution < -0.4 is 0 Å². The van der Waals surface area contributed by atoms with E-state index in [-0.39, 0.29) is 16.8 Å². The van der Waals surface area contributed by atoms with Crippen molar-refractivity contribution < 1.29 is 9.59 Å². The Hall–Kier alpha value is -1.56. The fourth-order valence-electron chi connectivity index (χ4n) is 2.67. The van der Waals surface area contributed by atoms with Gasteiger partial charge in [-0.05, 0) is 23.6 Å². The smallest absolute Gasteiger partial charge is 0.255 e. The molecule has 1 aromatic carbocycles. The molecule has 0 N–H and O–H groups in total. The third-order valence-electron chi connectivity index (χ3n) is 4.01. The Labute approximate surface area is 154 Å². The molecule has 0 bridgehead atoms. The molecule has 126 valence electrons. The lowest BCUT2D eigenvalue weighted by molar-refractivity contribution is -0.131. The molecule has 0 aliphatic carbocycles. The van der Waals surface area contributed by atoms with E-state index in [1.807, 2.05) is 22.4 Å². The molecule has 1 aromatic heterocycles. The number of nitrogens with zero attached hydrogens (tertiary/aromatic N) is 2. The number of rotatable bonds is 3. The SMILES string of the molecule is O=C(Cc1cccs1)N1CCN(C(=O)c2cccc(Cl)c2Cl)CC1. The van der Waals surface area contributed by atoms with Crippen molar-refractivity contribution >= 4 is 46.4 Å². The van der Waals surface area contributed by atoms with Gasteiger partial charge in [-0.2, -0.15) is 0 Å². The third kappa shape index (κ3) is 3.74. The summed E-state index contributed by atoms with van der Waals surface area (Å²) in [4.78, 5) is 29.5. The minimum atomic E-state index is -0.146. The summed E-state index contributed by atoms with van der Waals surface area (Å²) in [5, 5.41) is 2.61. The van der Waals surface area contributed by atoms with Crippen LogP contribution in [0, 0.1) is 0 Å². The first-order valence-corrected chi connectivity index (χ1v) is 9.23. The highest BCUT2D eigenvalue weighted by Crippen LogP contribution is 2.26. The number of thiophene rings is 1. The molecule has 0 spiro atoms. The monoisotopic (exact) mass is 382 g/mol. The molecule has 0 saturated carbocycles. The fourth-order valence-corrected chi connectivity index (χ4v) is 3.75. The number of hydrogen-bond acceptors (Lipinski definition) is 3.